The van der Waals surface area contributed by atoms with E-state index in [1.54, 1.807) is 31.3 Å². The van der Waals surface area contributed by atoms with Crippen LogP contribution >= 0.6 is 0 Å². The van der Waals surface area contributed by atoms with Gasteiger partial charge in [-0.3, -0.25) is 4.79 Å². The van der Waals surface area contributed by atoms with Crippen molar-refractivity contribution in [1.82, 2.24) is 4.98 Å². The number of esters is 1. The van der Waals surface area contributed by atoms with Crippen molar-refractivity contribution >= 4 is 5.97 Å². The molecule has 2 aromatic rings. The van der Waals surface area contributed by atoms with Crippen LogP contribution in [0.15, 0.2) is 41.1 Å². The van der Waals surface area contributed by atoms with Gasteiger partial charge in [0.05, 0.1) is 11.8 Å². The van der Waals surface area contributed by atoms with E-state index in [2.05, 4.69) is 4.98 Å². The molecule has 0 unspecified atom stereocenters. The van der Waals surface area contributed by atoms with Crippen molar-refractivity contribution < 1.29 is 13.9 Å². The Bertz CT molecular complexity index is 477. The van der Waals surface area contributed by atoms with Gasteiger partial charge in [0.25, 0.3) is 0 Å². The maximum atomic E-state index is 11.2. The Balaban J connectivity index is 2.35. The standard InChI is InChI=1S/C12H11NO3/c1-2-11(14)16-10-6-4-3-5-9(10)12-13-7-8-15-12/h3-8H,2H2,1H3. The lowest BCUT2D eigenvalue weighted by molar-refractivity contribution is -0.133. The molecule has 0 radical (unpaired) electrons. The number of hydrogen-bond donors (Lipinski definition) is 0. The van der Waals surface area contributed by atoms with Crippen LogP contribution in [0, 0.1) is 0 Å². The highest BCUT2D eigenvalue weighted by Gasteiger charge is 2.11. The molecule has 0 bridgehead atoms. The fraction of sp³-hybridized carbons (Fsp3) is 0.167. The average molecular weight is 217 g/mol. The number of aromatic nitrogens is 1. The van der Waals surface area contributed by atoms with Crippen LogP contribution in [0.5, 0.6) is 5.75 Å². The minimum absolute atomic E-state index is 0.279. The Morgan fingerprint density at radius 2 is 2.25 bits per heavy atom. The highest BCUT2D eigenvalue weighted by atomic mass is 16.5. The van der Waals surface area contributed by atoms with Crippen LogP contribution in [0.2, 0.25) is 0 Å². The lowest BCUT2D eigenvalue weighted by Gasteiger charge is -2.06. The molecule has 1 aromatic heterocycles. The second-order valence-electron chi connectivity index (χ2n) is 3.16. The third-order valence-electron chi connectivity index (χ3n) is 2.06. The summed E-state index contributed by atoms with van der Waals surface area (Å²) in [5, 5.41) is 0. The summed E-state index contributed by atoms with van der Waals surface area (Å²) < 4.78 is 10.4. The number of rotatable bonds is 3. The van der Waals surface area contributed by atoms with Crippen LogP contribution in [0.1, 0.15) is 13.3 Å². The highest BCUT2D eigenvalue weighted by Crippen LogP contribution is 2.28. The molecule has 0 fully saturated rings. The molecule has 1 heterocycles. The van der Waals surface area contributed by atoms with Gasteiger partial charge in [0.15, 0.2) is 0 Å². The molecule has 0 aliphatic rings. The fourth-order valence-electron chi connectivity index (χ4n) is 1.28. The summed E-state index contributed by atoms with van der Waals surface area (Å²) in [5.74, 6) is 0.635. The monoisotopic (exact) mass is 217 g/mol. The molecule has 0 spiro atoms. The molecule has 4 heteroatoms. The van der Waals surface area contributed by atoms with Gasteiger partial charge in [-0.15, -0.1) is 0 Å². The number of para-hydroxylation sites is 1. The summed E-state index contributed by atoms with van der Waals surface area (Å²) in [6.45, 7) is 1.75. The molecule has 0 N–H and O–H groups in total. The van der Waals surface area contributed by atoms with Gasteiger partial charge in [-0.25, -0.2) is 4.98 Å². The van der Waals surface area contributed by atoms with Crippen molar-refractivity contribution in [2.75, 3.05) is 0 Å². The van der Waals surface area contributed by atoms with E-state index < -0.39 is 0 Å². The molecule has 0 saturated carbocycles. The molecule has 0 aliphatic carbocycles. The zero-order valence-corrected chi connectivity index (χ0v) is 8.84. The normalized spacial score (nSPS) is 10.1. The van der Waals surface area contributed by atoms with Crippen molar-refractivity contribution in [2.45, 2.75) is 13.3 Å². The summed E-state index contributed by atoms with van der Waals surface area (Å²) in [5.41, 5.74) is 0.675. The van der Waals surface area contributed by atoms with Gasteiger partial charge < -0.3 is 9.15 Å². The Kier molecular flexibility index (Phi) is 3.00. The second kappa shape index (κ2) is 4.61. The first-order valence-corrected chi connectivity index (χ1v) is 5.01. The number of carbonyl (C=O) groups excluding carboxylic acids is 1. The van der Waals surface area contributed by atoms with E-state index >= 15 is 0 Å². The molecule has 0 atom stereocenters. The first-order valence-electron chi connectivity index (χ1n) is 5.01. The van der Waals surface area contributed by atoms with Crippen molar-refractivity contribution in [3.63, 3.8) is 0 Å². The fourth-order valence-corrected chi connectivity index (χ4v) is 1.28. The lowest BCUT2D eigenvalue weighted by Crippen LogP contribution is -2.06. The maximum Gasteiger partial charge on any atom is 0.310 e. The predicted octanol–water partition coefficient (Wildman–Crippen LogP) is 2.66. The smallest absolute Gasteiger partial charge is 0.310 e. The van der Waals surface area contributed by atoms with E-state index in [0.29, 0.717) is 23.6 Å². The zero-order valence-electron chi connectivity index (χ0n) is 8.84. The van der Waals surface area contributed by atoms with Crippen LogP contribution in [-0.4, -0.2) is 11.0 Å². The Labute approximate surface area is 92.9 Å². The van der Waals surface area contributed by atoms with E-state index in [1.807, 2.05) is 6.07 Å². The van der Waals surface area contributed by atoms with Gasteiger partial charge in [0, 0.05) is 6.42 Å². The first kappa shape index (κ1) is 10.4. The Morgan fingerprint density at radius 1 is 1.44 bits per heavy atom. The molecular formula is C12H11NO3. The van der Waals surface area contributed by atoms with Crippen LogP contribution in [0.25, 0.3) is 11.5 Å². The first-order chi connectivity index (χ1) is 7.81. The van der Waals surface area contributed by atoms with Crippen molar-refractivity contribution in [2.24, 2.45) is 0 Å². The third kappa shape index (κ3) is 2.11. The zero-order chi connectivity index (χ0) is 11.4. The van der Waals surface area contributed by atoms with E-state index in [1.165, 1.54) is 6.26 Å². The number of hydrogen-bond acceptors (Lipinski definition) is 4. The molecule has 1 aromatic carbocycles. The van der Waals surface area contributed by atoms with E-state index in [4.69, 9.17) is 9.15 Å². The quantitative estimate of drug-likeness (QED) is 0.585. The van der Waals surface area contributed by atoms with Crippen LogP contribution in [0.3, 0.4) is 0 Å². The Hall–Kier alpha value is -2.10. The molecular weight excluding hydrogens is 206 g/mol. The number of nitrogens with zero attached hydrogens (tertiary/aromatic N) is 1. The van der Waals surface area contributed by atoms with Gasteiger partial charge in [0.1, 0.15) is 12.0 Å². The van der Waals surface area contributed by atoms with E-state index in [-0.39, 0.29) is 5.97 Å². The number of oxazole rings is 1. The minimum Gasteiger partial charge on any atom is -0.444 e. The van der Waals surface area contributed by atoms with Crippen molar-refractivity contribution in [1.29, 1.82) is 0 Å². The molecule has 16 heavy (non-hydrogen) atoms. The molecule has 0 aliphatic heterocycles. The molecule has 4 nitrogen and oxygen atoms in total. The van der Waals surface area contributed by atoms with Crippen LogP contribution in [0.4, 0.5) is 0 Å². The van der Waals surface area contributed by atoms with Crippen molar-refractivity contribution in [3.05, 3.63) is 36.7 Å². The molecule has 82 valence electrons. The summed E-state index contributed by atoms with van der Waals surface area (Å²) in [4.78, 5) is 15.3. The van der Waals surface area contributed by atoms with Gasteiger partial charge in [-0.05, 0) is 12.1 Å². The largest absolute Gasteiger partial charge is 0.444 e. The molecule has 0 saturated heterocycles. The summed E-state index contributed by atoms with van der Waals surface area (Å²) in [6.07, 6.45) is 3.36. The Morgan fingerprint density at radius 3 is 2.94 bits per heavy atom. The third-order valence-corrected chi connectivity index (χ3v) is 2.06. The van der Waals surface area contributed by atoms with Crippen LogP contribution in [-0.2, 0) is 4.79 Å². The minimum atomic E-state index is -0.279. The summed E-state index contributed by atoms with van der Waals surface area (Å²) in [6, 6.07) is 7.14. The number of ether oxygens (including phenoxy) is 1. The average Bonchev–Trinajstić information content (AvgIpc) is 2.83. The molecule has 2 rings (SSSR count). The predicted molar refractivity (Wildman–Crippen MR) is 57.9 cm³/mol. The van der Waals surface area contributed by atoms with E-state index in [0.717, 1.165) is 0 Å². The second-order valence-corrected chi connectivity index (χ2v) is 3.16. The number of benzene rings is 1. The summed E-state index contributed by atoms with van der Waals surface area (Å²) in [7, 11) is 0. The van der Waals surface area contributed by atoms with Gasteiger partial charge in [0.2, 0.25) is 5.89 Å². The van der Waals surface area contributed by atoms with Crippen LogP contribution < -0.4 is 4.74 Å². The topological polar surface area (TPSA) is 52.3 Å². The van der Waals surface area contributed by atoms with Gasteiger partial charge >= 0.3 is 5.97 Å². The SMILES string of the molecule is CCC(=O)Oc1ccccc1-c1ncco1. The molecule has 0 amide bonds. The van der Waals surface area contributed by atoms with Crippen molar-refractivity contribution in [3.8, 4) is 17.2 Å². The highest BCUT2D eigenvalue weighted by molar-refractivity contribution is 5.75. The van der Waals surface area contributed by atoms with Gasteiger partial charge in [-0.1, -0.05) is 19.1 Å². The summed E-state index contributed by atoms with van der Waals surface area (Å²) >= 11 is 0. The lowest BCUT2D eigenvalue weighted by atomic mass is 10.2. The van der Waals surface area contributed by atoms with E-state index in [9.17, 15) is 4.79 Å². The number of carbonyl (C=O) groups is 1. The maximum absolute atomic E-state index is 11.2. The van der Waals surface area contributed by atoms with Gasteiger partial charge in [-0.2, -0.15) is 0 Å².